The quantitative estimate of drug-likeness (QED) is 0.844. The number of benzene rings is 1. The molecule has 2 aromatic rings. The highest BCUT2D eigenvalue weighted by Crippen LogP contribution is 2.33. The van der Waals surface area contributed by atoms with Crippen LogP contribution < -0.4 is 4.90 Å². The zero-order chi connectivity index (χ0) is 16.5. The van der Waals surface area contributed by atoms with Crippen molar-refractivity contribution in [1.82, 2.24) is 9.88 Å². The number of aryl methyl sites for hydroxylation is 1. The molecule has 1 saturated heterocycles. The van der Waals surface area contributed by atoms with Crippen LogP contribution in [0.1, 0.15) is 44.3 Å². The molecule has 1 aromatic carbocycles. The number of carbonyl (C=O) groups excluding carboxylic acids is 2. The van der Waals surface area contributed by atoms with E-state index in [4.69, 9.17) is 0 Å². The summed E-state index contributed by atoms with van der Waals surface area (Å²) in [7, 11) is 0. The molecule has 0 saturated carbocycles. The first kappa shape index (κ1) is 15.3. The lowest BCUT2D eigenvalue weighted by Crippen LogP contribution is -2.35. The van der Waals surface area contributed by atoms with Crippen molar-refractivity contribution in [3.63, 3.8) is 0 Å². The molecule has 0 atom stereocenters. The fourth-order valence-electron chi connectivity index (χ4n) is 3.30. The van der Waals surface area contributed by atoms with Crippen LogP contribution in [0, 0.1) is 0 Å². The van der Waals surface area contributed by atoms with Gasteiger partial charge in [-0.15, -0.1) is 11.3 Å². The molecule has 0 N–H and O–H groups in total. The first-order chi connectivity index (χ1) is 11.7. The van der Waals surface area contributed by atoms with Crippen molar-refractivity contribution in [1.29, 1.82) is 0 Å². The van der Waals surface area contributed by atoms with Gasteiger partial charge in [-0.3, -0.25) is 14.5 Å². The third-order valence-electron chi connectivity index (χ3n) is 4.56. The number of carbonyl (C=O) groups is 2. The maximum absolute atomic E-state index is 12.8. The number of nitrogens with zero attached hydrogens (tertiary/aromatic N) is 3. The van der Waals surface area contributed by atoms with Crippen LogP contribution in [0.2, 0.25) is 0 Å². The van der Waals surface area contributed by atoms with Crippen LogP contribution in [0.5, 0.6) is 0 Å². The van der Waals surface area contributed by atoms with Crippen molar-refractivity contribution >= 4 is 29.0 Å². The molecule has 0 unspecified atom stereocenters. The van der Waals surface area contributed by atoms with E-state index in [1.54, 1.807) is 4.90 Å². The number of anilines is 1. The third-order valence-corrected chi connectivity index (χ3v) is 5.65. The number of amides is 2. The van der Waals surface area contributed by atoms with Gasteiger partial charge < -0.3 is 4.90 Å². The molecule has 24 heavy (non-hydrogen) atoms. The van der Waals surface area contributed by atoms with Gasteiger partial charge in [-0.1, -0.05) is 18.2 Å². The van der Waals surface area contributed by atoms with Crippen LogP contribution in [0.4, 0.5) is 5.82 Å². The third kappa shape index (κ3) is 2.71. The van der Waals surface area contributed by atoms with E-state index < -0.39 is 0 Å². The van der Waals surface area contributed by atoms with Gasteiger partial charge in [-0.05, 0) is 37.8 Å². The molecule has 3 heterocycles. The lowest BCUT2D eigenvalue weighted by molar-refractivity contribution is 0.0791. The average molecular weight is 341 g/mol. The lowest BCUT2D eigenvalue weighted by atomic mass is 10.1. The monoisotopic (exact) mass is 341 g/mol. The van der Waals surface area contributed by atoms with Crippen LogP contribution >= 0.6 is 11.3 Å². The van der Waals surface area contributed by atoms with E-state index in [1.807, 2.05) is 35.2 Å². The minimum absolute atomic E-state index is 0.0130. The van der Waals surface area contributed by atoms with Crippen molar-refractivity contribution in [3.8, 4) is 0 Å². The number of hydrogen-bond donors (Lipinski definition) is 0. The summed E-state index contributed by atoms with van der Waals surface area (Å²) in [6.07, 6.45) is 3.93. The Morgan fingerprint density at radius 3 is 2.46 bits per heavy atom. The molecule has 0 bridgehead atoms. The van der Waals surface area contributed by atoms with Crippen LogP contribution in [0.3, 0.4) is 0 Å². The SMILES string of the molecule is O=C(c1nc2c(s1)CCCN2C(=O)c1ccccc1)N1CCCC1. The number of likely N-dealkylation sites (tertiary alicyclic amines) is 1. The van der Waals surface area contributed by atoms with E-state index in [1.165, 1.54) is 11.3 Å². The highest BCUT2D eigenvalue weighted by atomic mass is 32.1. The Bertz CT molecular complexity index is 766. The van der Waals surface area contributed by atoms with Gasteiger partial charge >= 0.3 is 0 Å². The normalized spacial score (nSPS) is 17.0. The number of hydrogen-bond acceptors (Lipinski definition) is 4. The van der Waals surface area contributed by atoms with Crippen LogP contribution in [-0.2, 0) is 6.42 Å². The van der Waals surface area contributed by atoms with Gasteiger partial charge in [0.05, 0.1) is 0 Å². The van der Waals surface area contributed by atoms with E-state index in [9.17, 15) is 9.59 Å². The number of aromatic nitrogens is 1. The molecule has 0 spiro atoms. The molecule has 4 rings (SSSR count). The molecular formula is C18H19N3O2S. The molecule has 2 aliphatic rings. The molecular weight excluding hydrogens is 322 g/mol. The predicted molar refractivity (Wildman–Crippen MR) is 93.7 cm³/mol. The summed E-state index contributed by atoms with van der Waals surface area (Å²) in [5, 5.41) is 0.523. The second-order valence-corrected chi connectivity index (χ2v) is 7.28. The average Bonchev–Trinajstić information content (AvgIpc) is 3.30. The Kier molecular flexibility index (Phi) is 4.06. The van der Waals surface area contributed by atoms with Crippen LogP contribution in [0.15, 0.2) is 30.3 Å². The summed E-state index contributed by atoms with van der Waals surface area (Å²) in [6, 6.07) is 9.26. The summed E-state index contributed by atoms with van der Waals surface area (Å²) in [4.78, 5) is 34.6. The van der Waals surface area contributed by atoms with Gasteiger partial charge in [0.2, 0.25) is 0 Å². The Morgan fingerprint density at radius 2 is 1.71 bits per heavy atom. The standard InChI is InChI=1S/C18H19N3O2S/c22-17(13-7-2-1-3-8-13)21-12-6-9-14-15(21)19-16(24-14)18(23)20-10-4-5-11-20/h1-3,7-8H,4-6,9-12H2. The van der Waals surface area contributed by atoms with E-state index in [2.05, 4.69) is 4.98 Å². The fraction of sp³-hybridized carbons (Fsp3) is 0.389. The molecule has 124 valence electrons. The van der Waals surface area contributed by atoms with Crippen LogP contribution in [-0.4, -0.2) is 41.3 Å². The smallest absolute Gasteiger partial charge is 0.282 e. The Hall–Kier alpha value is -2.21. The molecule has 0 radical (unpaired) electrons. The van der Waals surface area contributed by atoms with Crippen molar-refractivity contribution < 1.29 is 9.59 Å². The van der Waals surface area contributed by atoms with Crippen molar-refractivity contribution in [2.45, 2.75) is 25.7 Å². The number of rotatable bonds is 2. The largest absolute Gasteiger partial charge is 0.337 e. The maximum Gasteiger partial charge on any atom is 0.282 e. The highest BCUT2D eigenvalue weighted by molar-refractivity contribution is 7.14. The zero-order valence-corrected chi connectivity index (χ0v) is 14.2. The van der Waals surface area contributed by atoms with Crippen molar-refractivity contribution in [3.05, 3.63) is 45.8 Å². The van der Waals surface area contributed by atoms with Gasteiger partial charge in [-0.2, -0.15) is 0 Å². The Balaban J connectivity index is 1.63. The van der Waals surface area contributed by atoms with Crippen molar-refractivity contribution in [2.75, 3.05) is 24.5 Å². The molecule has 2 aliphatic heterocycles. The van der Waals surface area contributed by atoms with Crippen LogP contribution in [0.25, 0.3) is 0 Å². The minimum Gasteiger partial charge on any atom is -0.337 e. The predicted octanol–water partition coefficient (Wildman–Crippen LogP) is 2.97. The summed E-state index contributed by atoms with van der Waals surface area (Å²) < 4.78 is 0. The van der Waals surface area contributed by atoms with Crippen molar-refractivity contribution in [2.24, 2.45) is 0 Å². The molecule has 6 heteroatoms. The number of thiazole rings is 1. The lowest BCUT2D eigenvalue weighted by Gasteiger charge is -2.25. The van der Waals surface area contributed by atoms with Gasteiger partial charge in [0, 0.05) is 30.1 Å². The molecule has 1 fully saturated rings. The van der Waals surface area contributed by atoms with Gasteiger partial charge in [0.15, 0.2) is 10.8 Å². The number of fused-ring (bicyclic) bond motifs is 1. The molecule has 5 nitrogen and oxygen atoms in total. The Morgan fingerprint density at radius 1 is 0.958 bits per heavy atom. The topological polar surface area (TPSA) is 53.5 Å². The fourth-order valence-corrected chi connectivity index (χ4v) is 4.38. The molecule has 2 amide bonds. The van der Waals surface area contributed by atoms with E-state index in [-0.39, 0.29) is 11.8 Å². The summed E-state index contributed by atoms with van der Waals surface area (Å²) in [6.45, 7) is 2.29. The maximum atomic E-state index is 12.8. The van der Waals surface area contributed by atoms with Gasteiger partial charge in [0.1, 0.15) is 0 Å². The first-order valence-corrected chi connectivity index (χ1v) is 9.21. The summed E-state index contributed by atoms with van der Waals surface area (Å²) in [5.41, 5.74) is 0.658. The van der Waals surface area contributed by atoms with E-state index in [0.717, 1.165) is 43.6 Å². The van der Waals surface area contributed by atoms with E-state index in [0.29, 0.717) is 22.9 Å². The summed E-state index contributed by atoms with van der Waals surface area (Å²) in [5.74, 6) is 0.656. The second-order valence-electron chi connectivity index (χ2n) is 6.19. The minimum atomic E-state index is -0.0398. The first-order valence-electron chi connectivity index (χ1n) is 8.40. The Labute approximate surface area is 144 Å². The molecule has 0 aliphatic carbocycles. The zero-order valence-electron chi connectivity index (χ0n) is 13.4. The van der Waals surface area contributed by atoms with Gasteiger partial charge in [-0.25, -0.2) is 4.98 Å². The second kappa shape index (κ2) is 6.36. The summed E-state index contributed by atoms with van der Waals surface area (Å²) >= 11 is 1.45. The van der Waals surface area contributed by atoms with Gasteiger partial charge in [0.25, 0.3) is 11.8 Å². The van der Waals surface area contributed by atoms with E-state index >= 15 is 0 Å². The molecule has 1 aromatic heterocycles. The highest BCUT2D eigenvalue weighted by Gasteiger charge is 2.30.